The molecule has 0 bridgehead atoms. The van der Waals surface area contributed by atoms with Crippen LogP contribution in [0.1, 0.15) is 48.9 Å². The molecule has 0 unspecified atom stereocenters. The molecule has 4 nitrogen and oxygen atoms in total. The van der Waals surface area contributed by atoms with Crippen LogP contribution in [0.2, 0.25) is 0 Å². The summed E-state index contributed by atoms with van der Waals surface area (Å²) in [6, 6.07) is 6.13. The lowest BCUT2D eigenvalue weighted by molar-refractivity contribution is 0.0963. The Balaban J connectivity index is 2.17. The number of nitrogens with one attached hydrogen (secondary N) is 1. The predicted molar refractivity (Wildman–Crippen MR) is 84.1 cm³/mol. The second-order valence-corrected chi connectivity index (χ2v) is 5.61. The Bertz CT molecular complexity index is 465. The molecule has 0 saturated heterocycles. The number of hydrogen-bond acceptors (Lipinski definition) is 3. The van der Waals surface area contributed by atoms with Gasteiger partial charge in [-0.3, -0.25) is 4.79 Å². The van der Waals surface area contributed by atoms with Gasteiger partial charge in [-0.05, 0) is 31.0 Å². The third-order valence-electron chi connectivity index (χ3n) is 4.27. The number of nitrogens with zero attached hydrogens (tertiary/aromatic N) is 1. The van der Waals surface area contributed by atoms with E-state index in [0.29, 0.717) is 17.3 Å². The number of rotatable bonds is 3. The van der Waals surface area contributed by atoms with E-state index in [4.69, 9.17) is 5.73 Å². The van der Waals surface area contributed by atoms with E-state index < -0.39 is 0 Å². The average Bonchev–Trinajstić information content (AvgIpc) is 2.74. The minimum atomic E-state index is -0.0969. The predicted octanol–water partition coefficient (Wildman–Crippen LogP) is 2.79. The Hall–Kier alpha value is -1.71. The van der Waals surface area contributed by atoms with Crippen molar-refractivity contribution in [2.75, 3.05) is 24.7 Å². The third-order valence-corrected chi connectivity index (χ3v) is 4.27. The van der Waals surface area contributed by atoms with Gasteiger partial charge in [0.05, 0.1) is 11.4 Å². The van der Waals surface area contributed by atoms with Crippen molar-refractivity contribution in [2.24, 2.45) is 0 Å². The largest absolute Gasteiger partial charge is 0.397 e. The molecule has 0 radical (unpaired) electrons. The molecule has 1 aromatic rings. The van der Waals surface area contributed by atoms with Gasteiger partial charge >= 0.3 is 0 Å². The van der Waals surface area contributed by atoms with E-state index in [9.17, 15) is 4.79 Å². The van der Waals surface area contributed by atoms with Crippen LogP contribution in [0.5, 0.6) is 0 Å². The summed E-state index contributed by atoms with van der Waals surface area (Å²) in [5.41, 5.74) is 8.46. The van der Waals surface area contributed by atoms with Gasteiger partial charge in [0.25, 0.3) is 5.91 Å². The number of carbonyl (C=O) groups is 1. The molecule has 0 heterocycles. The Morgan fingerprint density at radius 3 is 2.45 bits per heavy atom. The zero-order chi connectivity index (χ0) is 14.5. The summed E-state index contributed by atoms with van der Waals surface area (Å²) >= 11 is 0. The van der Waals surface area contributed by atoms with Gasteiger partial charge in [0.1, 0.15) is 0 Å². The zero-order valence-electron chi connectivity index (χ0n) is 12.5. The van der Waals surface area contributed by atoms with E-state index in [1.54, 1.807) is 13.1 Å². The number of amides is 1. The molecule has 1 amide bonds. The summed E-state index contributed by atoms with van der Waals surface area (Å²) < 4.78 is 0. The van der Waals surface area contributed by atoms with Crippen molar-refractivity contribution in [3.63, 3.8) is 0 Å². The van der Waals surface area contributed by atoms with Crippen LogP contribution in [-0.4, -0.2) is 26.0 Å². The molecule has 3 N–H and O–H groups in total. The fourth-order valence-corrected chi connectivity index (χ4v) is 3.00. The second-order valence-electron chi connectivity index (χ2n) is 5.61. The topological polar surface area (TPSA) is 58.4 Å². The quantitative estimate of drug-likeness (QED) is 0.659. The zero-order valence-corrected chi connectivity index (χ0v) is 12.5. The number of benzene rings is 1. The van der Waals surface area contributed by atoms with Crippen LogP contribution in [0.4, 0.5) is 11.4 Å². The highest BCUT2D eigenvalue weighted by Crippen LogP contribution is 2.29. The molecule has 0 aromatic heterocycles. The van der Waals surface area contributed by atoms with E-state index in [1.807, 2.05) is 12.1 Å². The van der Waals surface area contributed by atoms with Gasteiger partial charge in [-0.2, -0.15) is 0 Å². The molecule has 0 aliphatic heterocycles. The highest BCUT2D eigenvalue weighted by molar-refractivity contribution is 5.96. The minimum Gasteiger partial charge on any atom is -0.397 e. The van der Waals surface area contributed by atoms with Crippen molar-refractivity contribution in [2.45, 2.75) is 44.6 Å². The van der Waals surface area contributed by atoms with Crippen LogP contribution >= 0.6 is 0 Å². The van der Waals surface area contributed by atoms with Crippen molar-refractivity contribution in [3.05, 3.63) is 23.8 Å². The molecular weight excluding hydrogens is 250 g/mol. The SMILES string of the molecule is CNC(=O)c1ccc(N(C)C2CCCCCC2)c(N)c1. The van der Waals surface area contributed by atoms with E-state index >= 15 is 0 Å². The normalized spacial score (nSPS) is 16.5. The first-order valence-electron chi connectivity index (χ1n) is 7.48. The second kappa shape index (κ2) is 6.64. The van der Waals surface area contributed by atoms with Crippen LogP contribution in [0.25, 0.3) is 0 Å². The molecule has 1 aromatic carbocycles. The molecule has 20 heavy (non-hydrogen) atoms. The summed E-state index contributed by atoms with van der Waals surface area (Å²) in [6.07, 6.45) is 7.74. The monoisotopic (exact) mass is 275 g/mol. The van der Waals surface area contributed by atoms with E-state index in [0.717, 1.165) is 5.69 Å². The smallest absolute Gasteiger partial charge is 0.251 e. The number of carbonyl (C=O) groups excluding carboxylic acids is 1. The highest BCUT2D eigenvalue weighted by Gasteiger charge is 2.19. The molecule has 1 saturated carbocycles. The summed E-state index contributed by atoms with van der Waals surface area (Å²) in [6.45, 7) is 0. The van der Waals surface area contributed by atoms with Crippen molar-refractivity contribution < 1.29 is 4.79 Å². The lowest BCUT2D eigenvalue weighted by Crippen LogP contribution is -2.31. The summed E-state index contributed by atoms with van der Waals surface area (Å²) in [4.78, 5) is 13.9. The van der Waals surface area contributed by atoms with Gasteiger partial charge in [-0.15, -0.1) is 0 Å². The van der Waals surface area contributed by atoms with Gasteiger partial charge in [0.15, 0.2) is 0 Å². The first-order valence-corrected chi connectivity index (χ1v) is 7.48. The first kappa shape index (κ1) is 14.7. The first-order chi connectivity index (χ1) is 9.63. The lowest BCUT2D eigenvalue weighted by atomic mass is 10.1. The number of anilines is 2. The van der Waals surface area contributed by atoms with Gasteiger partial charge in [-0.1, -0.05) is 25.7 Å². The van der Waals surface area contributed by atoms with Crippen molar-refractivity contribution >= 4 is 17.3 Å². The molecule has 0 spiro atoms. The Labute approximate surface area is 121 Å². The van der Waals surface area contributed by atoms with Crippen LogP contribution in [0, 0.1) is 0 Å². The fraction of sp³-hybridized carbons (Fsp3) is 0.562. The molecule has 1 fully saturated rings. The van der Waals surface area contributed by atoms with E-state index in [2.05, 4.69) is 17.3 Å². The van der Waals surface area contributed by atoms with Crippen LogP contribution in [0.15, 0.2) is 18.2 Å². The number of hydrogen-bond donors (Lipinski definition) is 2. The van der Waals surface area contributed by atoms with Crippen LogP contribution < -0.4 is 16.0 Å². The van der Waals surface area contributed by atoms with Crippen molar-refractivity contribution in [1.82, 2.24) is 5.32 Å². The van der Waals surface area contributed by atoms with Crippen molar-refractivity contribution in [1.29, 1.82) is 0 Å². The van der Waals surface area contributed by atoms with Gasteiger partial charge in [0.2, 0.25) is 0 Å². The molecular formula is C16H25N3O. The average molecular weight is 275 g/mol. The Kier molecular flexibility index (Phi) is 4.88. The minimum absolute atomic E-state index is 0.0969. The third kappa shape index (κ3) is 3.24. The summed E-state index contributed by atoms with van der Waals surface area (Å²) in [5, 5.41) is 2.62. The lowest BCUT2D eigenvalue weighted by Gasteiger charge is -2.30. The van der Waals surface area contributed by atoms with Crippen LogP contribution in [0.3, 0.4) is 0 Å². The van der Waals surface area contributed by atoms with Gasteiger partial charge in [0, 0.05) is 25.7 Å². The van der Waals surface area contributed by atoms with E-state index in [-0.39, 0.29) is 5.91 Å². The molecule has 110 valence electrons. The van der Waals surface area contributed by atoms with Gasteiger partial charge in [-0.25, -0.2) is 0 Å². The fourth-order valence-electron chi connectivity index (χ4n) is 3.00. The Morgan fingerprint density at radius 2 is 1.90 bits per heavy atom. The summed E-state index contributed by atoms with van der Waals surface area (Å²) in [5.74, 6) is -0.0969. The molecule has 1 aliphatic carbocycles. The molecule has 1 aliphatic rings. The van der Waals surface area contributed by atoms with Gasteiger partial charge < -0.3 is 16.0 Å². The maximum Gasteiger partial charge on any atom is 0.251 e. The molecule has 4 heteroatoms. The number of nitrogen functional groups attached to an aromatic ring is 1. The number of nitrogens with two attached hydrogens (primary N) is 1. The van der Waals surface area contributed by atoms with E-state index in [1.165, 1.54) is 38.5 Å². The molecule has 2 rings (SSSR count). The maximum absolute atomic E-state index is 11.6. The Morgan fingerprint density at radius 1 is 1.25 bits per heavy atom. The molecule has 0 atom stereocenters. The highest BCUT2D eigenvalue weighted by atomic mass is 16.1. The summed E-state index contributed by atoms with van der Waals surface area (Å²) in [7, 11) is 3.74. The van der Waals surface area contributed by atoms with Crippen molar-refractivity contribution in [3.8, 4) is 0 Å². The standard InChI is InChI=1S/C16H25N3O/c1-18-16(20)12-9-10-15(14(17)11-12)19(2)13-7-5-3-4-6-8-13/h9-11,13H,3-8,17H2,1-2H3,(H,18,20). The maximum atomic E-state index is 11.6. The van der Waals surface area contributed by atoms with Crippen LogP contribution in [-0.2, 0) is 0 Å².